The van der Waals surface area contributed by atoms with E-state index in [0.717, 1.165) is 5.46 Å². The van der Waals surface area contributed by atoms with Crippen LogP contribution >= 0.6 is 11.3 Å². The van der Waals surface area contributed by atoms with Gasteiger partial charge in [0.2, 0.25) is 0 Å². The van der Waals surface area contributed by atoms with Gasteiger partial charge in [-0.2, -0.15) is 11.3 Å². The van der Waals surface area contributed by atoms with Crippen LogP contribution in [0.5, 0.6) is 0 Å². The fourth-order valence-corrected chi connectivity index (χ4v) is 0.825. The third-order valence-corrected chi connectivity index (χ3v) is 1.24. The van der Waals surface area contributed by atoms with Gasteiger partial charge in [-0.05, 0) is 10.8 Å². The standard InChI is InChI=1S/C4H3BS.2C2H6/c5-4-1-2-6-3-4;2*1-2/h1-3H;2*1-2H3. The van der Waals surface area contributed by atoms with Gasteiger partial charge in [0, 0.05) is 0 Å². The molecule has 0 saturated carbocycles. The first-order valence-electron chi connectivity index (χ1n) is 3.67. The second-order valence-corrected chi connectivity index (χ2v) is 1.84. The maximum Gasteiger partial charge on any atom is 0.114 e. The van der Waals surface area contributed by atoms with Crippen LogP contribution in [0.3, 0.4) is 0 Å². The van der Waals surface area contributed by atoms with Crippen molar-refractivity contribution in [3.63, 3.8) is 0 Å². The molecule has 1 aromatic rings. The summed E-state index contributed by atoms with van der Waals surface area (Å²) >= 11 is 1.61. The lowest BCUT2D eigenvalue weighted by atomic mass is 10.0. The van der Waals surface area contributed by atoms with Gasteiger partial charge in [0.05, 0.1) is 0 Å². The highest BCUT2D eigenvalue weighted by atomic mass is 32.1. The lowest BCUT2D eigenvalue weighted by Gasteiger charge is -1.65. The molecule has 0 atom stereocenters. The molecule has 0 aliphatic carbocycles. The summed E-state index contributed by atoms with van der Waals surface area (Å²) < 4.78 is 0. The molecule has 0 aromatic carbocycles. The molecule has 0 N–H and O–H groups in total. The van der Waals surface area contributed by atoms with Crippen LogP contribution in [0.15, 0.2) is 16.8 Å². The molecule has 1 aromatic heterocycles. The average molecular weight is 154 g/mol. The van der Waals surface area contributed by atoms with Crippen LogP contribution in [-0.4, -0.2) is 7.85 Å². The number of thiophene rings is 1. The molecule has 2 radical (unpaired) electrons. The summed E-state index contributed by atoms with van der Waals surface area (Å²) in [4.78, 5) is 0. The van der Waals surface area contributed by atoms with Crippen LogP contribution < -0.4 is 5.46 Å². The van der Waals surface area contributed by atoms with Gasteiger partial charge in [-0.25, -0.2) is 0 Å². The highest BCUT2D eigenvalue weighted by Crippen LogP contribution is 1.88. The first-order valence-corrected chi connectivity index (χ1v) is 4.61. The molecular weight excluding hydrogens is 139 g/mol. The first kappa shape index (κ1) is 12.4. The van der Waals surface area contributed by atoms with Gasteiger partial charge in [0.15, 0.2) is 0 Å². The normalized spacial score (nSPS) is 6.40. The van der Waals surface area contributed by atoms with E-state index in [1.807, 2.05) is 44.5 Å². The zero-order valence-corrected chi connectivity index (χ0v) is 8.03. The van der Waals surface area contributed by atoms with Crippen LogP contribution in [0, 0.1) is 0 Å². The molecule has 1 heterocycles. The lowest BCUT2D eigenvalue weighted by Crippen LogP contribution is -1.91. The Hall–Kier alpha value is -0.235. The average Bonchev–Trinajstić information content (AvgIpc) is 2.48. The van der Waals surface area contributed by atoms with Crippen molar-refractivity contribution in [1.29, 1.82) is 0 Å². The van der Waals surface area contributed by atoms with Crippen LogP contribution in [0.2, 0.25) is 0 Å². The van der Waals surface area contributed by atoms with Gasteiger partial charge in [0.25, 0.3) is 0 Å². The second-order valence-electron chi connectivity index (χ2n) is 1.06. The van der Waals surface area contributed by atoms with E-state index in [9.17, 15) is 0 Å². The van der Waals surface area contributed by atoms with Crippen molar-refractivity contribution in [3.8, 4) is 0 Å². The third kappa shape index (κ3) is 7.76. The Morgan fingerprint density at radius 3 is 1.80 bits per heavy atom. The molecule has 2 heteroatoms. The monoisotopic (exact) mass is 154 g/mol. The van der Waals surface area contributed by atoms with Crippen LogP contribution in [0.4, 0.5) is 0 Å². The second kappa shape index (κ2) is 11.5. The van der Waals surface area contributed by atoms with Crippen molar-refractivity contribution < 1.29 is 0 Å². The predicted octanol–water partition coefficient (Wildman–Crippen LogP) is 2.59. The van der Waals surface area contributed by atoms with E-state index in [1.54, 1.807) is 11.3 Å². The molecule has 0 nitrogen and oxygen atoms in total. The molecule has 0 bridgehead atoms. The maximum atomic E-state index is 5.29. The molecule has 0 saturated heterocycles. The van der Waals surface area contributed by atoms with Crippen molar-refractivity contribution in [2.24, 2.45) is 0 Å². The Morgan fingerprint density at radius 2 is 1.70 bits per heavy atom. The number of hydrogen-bond acceptors (Lipinski definition) is 1. The lowest BCUT2D eigenvalue weighted by molar-refractivity contribution is 1.50. The summed E-state index contributed by atoms with van der Waals surface area (Å²) in [6.45, 7) is 8.00. The predicted molar refractivity (Wildman–Crippen MR) is 52.4 cm³/mol. The van der Waals surface area contributed by atoms with Gasteiger partial charge in [0.1, 0.15) is 7.85 Å². The van der Waals surface area contributed by atoms with Crippen molar-refractivity contribution >= 4 is 24.6 Å². The highest BCUT2D eigenvalue weighted by Gasteiger charge is 1.74. The van der Waals surface area contributed by atoms with Gasteiger partial charge in [-0.1, -0.05) is 39.2 Å². The maximum absolute atomic E-state index is 5.29. The molecule has 0 amide bonds. The Labute approximate surface area is 69.7 Å². The highest BCUT2D eigenvalue weighted by molar-refractivity contribution is 7.08. The molecule has 1 rings (SSSR count). The molecule has 0 spiro atoms. The van der Waals surface area contributed by atoms with Crippen molar-refractivity contribution in [2.45, 2.75) is 27.7 Å². The van der Waals surface area contributed by atoms with Crippen molar-refractivity contribution in [1.82, 2.24) is 0 Å². The first-order chi connectivity index (χ1) is 4.89. The van der Waals surface area contributed by atoms with Crippen LogP contribution in [0.1, 0.15) is 27.7 Å². The van der Waals surface area contributed by atoms with Crippen LogP contribution in [0.25, 0.3) is 0 Å². The Bertz CT molecular complexity index is 113. The molecule has 0 unspecified atom stereocenters. The number of hydrogen-bond donors (Lipinski definition) is 0. The number of rotatable bonds is 0. The van der Waals surface area contributed by atoms with Crippen molar-refractivity contribution in [3.05, 3.63) is 16.8 Å². The fourth-order valence-electron chi connectivity index (χ4n) is 0.275. The fraction of sp³-hybridized carbons (Fsp3) is 0.500. The summed E-state index contributed by atoms with van der Waals surface area (Å²) in [5.74, 6) is 0. The van der Waals surface area contributed by atoms with Gasteiger partial charge in [-0.15, -0.1) is 0 Å². The van der Waals surface area contributed by atoms with E-state index in [2.05, 4.69) is 0 Å². The quantitative estimate of drug-likeness (QED) is 0.504. The van der Waals surface area contributed by atoms with E-state index in [1.165, 1.54) is 0 Å². The van der Waals surface area contributed by atoms with E-state index in [4.69, 9.17) is 7.85 Å². The molecule has 56 valence electrons. The molecule has 10 heavy (non-hydrogen) atoms. The Morgan fingerprint density at radius 1 is 1.20 bits per heavy atom. The van der Waals surface area contributed by atoms with Gasteiger partial charge in [-0.3, -0.25) is 0 Å². The van der Waals surface area contributed by atoms with Crippen LogP contribution in [-0.2, 0) is 0 Å². The molecule has 0 aliphatic rings. The minimum Gasteiger partial charge on any atom is -0.153 e. The summed E-state index contributed by atoms with van der Waals surface area (Å²) in [6, 6.07) is 1.88. The smallest absolute Gasteiger partial charge is 0.114 e. The third-order valence-electron chi connectivity index (χ3n) is 0.543. The minimum atomic E-state index is 0.861. The van der Waals surface area contributed by atoms with Gasteiger partial charge >= 0.3 is 0 Å². The SMILES string of the molecule is CC.CC.[B]c1ccsc1. The van der Waals surface area contributed by atoms with E-state index < -0.39 is 0 Å². The van der Waals surface area contributed by atoms with Crippen molar-refractivity contribution in [2.75, 3.05) is 0 Å². The largest absolute Gasteiger partial charge is 0.153 e. The minimum absolute atomic E-state index is 0.861. The Kier molecular flexibility index (Phi) is 14.4. The van der Waals surface area contributed by atoms with E-state index >= 15 is 0 Å². The molecular formula is C8H15BS. The molecule has 0 aliphatic heterocycles. The molecule has 0 fully saturated rings. The summed E-state index contributed by atoms with van der Waals surface area (Å²) in [5, 5.41) is 3.86. The zero-order valence-electron chi connectivity index (χ0n) is 7.22. The topological polar surface area (TPSA) is 0 Å². The van der Waals surface area contributed by atoms with Gasteiger partial charge < -0.3 is 0 Å². The van der Waals surface area contributed by atoms with E-state index in [-0.39, 0.29) is 0 Å². The van der Waals surface area contributed by atoms with E-state index in [0.29, 0.717) is 0 Å². The summed E-state index contributed by atoms with van der Waals surface area (Å²) in [7, 11) is 5.29. The summed E-state index contributed by atoms with van der Waals surface area (Å²) in [5.41, 5.74) is 0.861. The Balaban J connectivity index is 0. The zero-order chi connectivity index (χ0) is 8.41. The summed E-state index contributed by atoms with van der Waals surface area (Å²) in [6.07, 6.45) is 0.